The summed E-state index contributed by atoms with van der Waals surface area (Å²) < 4.78 is 19.4. The van der Waals surface area contributed by atoms with Crippen LogP contribution in [0.4, 0.5) is 4.39 Å². The first-order valence-electron chi connectivity index (χ1n) is 9.68. The van der Waals surface area contributed by atoms with Crippen molar-refractivity contribution in [2.45, 2.75) is 50.6 Å². The largest absolute Gasteiger partial charge is 0.502 e. The molecule has 0 aromatic heterocycles. The van der Waals surface area contributed by atoms with Gasteiger partial charge in [0.15, 0.2) is 17.3 Å². The van der Waals surface area contributed by atoms with Crippen LogP contribution in [0, 0.1) is 17.7 Å². The van der Waals surface area contributed by atoms with Crippen molar-refractivity contribution < 1.29 is 14.2 Å². The molecule has 1 aromatic carbocycles. The second-order valence-corrected chi connectivity index (χ2v) is 8.02. The Labute approximate surface area is 149 Å². The minimum Gasteiger partial charge on any atom is -0.502 e. The Morgan fingerprint density at radius 2 is 2.08 bits per heavy atom. The molecule has 2 aliphatic heterocycles. The van der Waals surface area contributed by atoms with E-state index in [1.807, 2.05) is 6.07 Å². The molecule has 1 aliphatic carbocycles. The average molecular weight is 348 g/mol. The van der Waals surface area contributed by atoms with E-state index < -0.39 is 5.82 Å². The standard InChI is InChI=1S/C20H29FN2O2/c1-25-19-11-15(10-17(21)20(19)24)18-9-13(8-14-4-6-22-12-14)5-7-23(18)16-2-3-16/h10-11,13-14,16,18,22,24H,2-9,12H2,1H3. The van der Waals surface area contributed by atoms with Gasteiger partial charge >= 0.3 is 0 Å². The molecule has 4 nitrogen and oxygen atoms in total. The number of hydrogen-bond donors (Lipinski definition) is 2. The Morgan fingerprint density at radius 3 is 2.76 bits per heavy atom. The number of nitrogens with zero attached hydrogens (tertiary/aromatic N) is 1. The summed E-state index contributed by atoms with van der Waals surface area (Å²) in [5, 5.41) is 13.3. The predicted octanol–water partition coefficient (Wildman–Crippen LogP) is 3.46. The van der Waals surface area contributed by atoms with Gasteiger partial charge in [0.1, 0.15) is 0 Å². The number of ether oxygens (including phenoxy) is 1. The lowest BCUT2D eigenvalue weighted by Crippen LogP contribution is -2.39. The fourth-order valence-corrected chi connectivity index (χ4v) is 4.77. The number of benzene rings is 1. The van der Waals surface area contributed by atoms with Gasteiger partial charge in [-0.1, -0.05) is 0 Å². The molecular weight excluding hydrogens is 319 g/mol. The van der Waals surface area contributed by atoms with E-state index in [1.54, 1.807) is 0 Å². The Balaban J connectivity index is 1.55. The fraction of sp³-hybridized carbons (Fsp3) is 0.700. The van der Waals surface area contributed by atoms with Crippen molar-refractivity contribution in [3.05, 3.63) is 23.5 Å². The smallest absolute Gasteiger partial charge is 0.194 e. The van der Waals surface area contributed by atoms with Gasteiger partial charge in [-0.2, -0.15) is 0 Å². The molecule has 0 spiro atoms. The van der Waals surface area contributed by atoms with E-state index in [1.165, 1.54) is 45.3 Å². The van der Waals surface area contributed by atoms with Gasteiger partial charge in [0.2, 0.25) is 0 Å². The normalized spacial score (nSPS) is 30.6. The number of aromatic hydroxyl groups is 1. The highest BCUT2D eigenvalue weighted by molar-refractivity contribution is 5.44. The maximum absolute atomic E-state index is 14.2. The van der Waals surface area contributed by atoms with Crippen molar-refractivity contribution in [1.29, 1.82) is 0 Å². The molecule has 4 rings (SSSR count). The minimum absolute atomic E-state index is 0.240. The number of phenols is 1. The van der Waals surface area contributed by atoms with E-state index in [4.69, 9.17) is 4.74 Å². The molecule has 25 heavy (non-hydrogen) atoms. The summed E-state index contributed by atoms with van der Waals surface area (Å²) in [5.41, 5.74) is 0.952. The molecule has 0 radical (unpaired) electrons. The summed E-state index contributed by atoms with van der Waals surface area (Å²) in [6.07, 6.45) is 7.41. The summed E-state index contributed by atoms with van der Waals surface area (Å²) in [7, 11) is 1.48. The lowest BCUT2D eigenvalue weighted by atomic mass is 9.81. The van der Waals surface area contributed by atoms with Crippen LogP contribution in [-0.4, -0.2) is 42.8 Å². The van der Waals surface area contributed by atoms with Crippen LogP contribution in [-0.2, 0) is 0 Å². The van der Waals surface area contributed by atoms with E-state index in [0.29, 0.717) is 12.0 Å². The van der Waals surface area contributed by atoms with Crippen LogP contribution in [0.1, 0.15) is 50.1 Å². The van der Waals surface area contributed by atoms with Gasteiger partial charge in [0.25, 0.3) is 0 Å². The molecule has 1 saturated carbocycles. The first-order valence-corrected chi connectivity index (χ1v) is 9.68. The predicted molar refractivity (Wildman–Crippen MR) is 95.4 cm³/mol. The topological polar surface area (TPSA) is 44.7 Å². The molecule has 3 aliphatic rings. The first kappa shape index (κ1) is 17.1. The van der Waals surface area contributed by atoms with Gasteiger partial charge in [-0.15, -0.1) is 0 Å². The molecule has 3 atom stereocenters. The maximum atomic E-state index is 14.2. The molecule has 1 aromatic rings. The van der Waals surface area contributed by atoms with Crippen molar-refractivity contribution in [2.24, 2.45) is 11.8 Å². The third kappa shape index (κ3) is 3.63. The van der Waals surface area contributed by atoms with Gasteiger partial charge in [-0.3, -0.25) is 4.90 Å². The SMILES string of the molecule is COc1cc(C2CC(CC3CCNC3)CCN2C2CC2)cc(F)c1O. The zero-order chi connectivity index (χ0) is 17.4. The summed E-state index contributed by atoms with van der Waals surface area (Å²) in [6, 6.07) is 4.24. The molecule has 3 fully saturated rings. The number of halogens is 1. The van der Waals surface area contributed by atoms with Crippen molar-refractivity contribution in [1.82, 2.24) is 10.2 Å². The molecule has 2 N–H and O–H groups in total. The molecule has 3 unspecified atom stereocenters. The number of likely N-dealkylation sites (tertiary alicyclic amines) is 1. The highest BCUT2D eigenvalue weighted by atomic mass is 19.1. The summed E-state index contributed by atoms with van der Waals surface area (Å²) in [4.78, 5) is 2.56. The van der Waals surface area contributed by atoms with Crippen LogP contribution in [0.3, 0.4) is 0 Å². The molecule has 5 heteroatoms. The molecule has 2 heterocycles. The van der Waals surface area contributed by atoms with Crippen molar-refractivity contribution in [3.8, 4) is 11.5 Å². The quantitative estimate of drug-likeness (QED) is 0.855. The lowest BCUT2D eigenvalue weighted by Gasteiger charge is -2.41. The van der Waals surface area contributed by atoms with Crippen molar-refractivity contribution in [3.63, 3.8) is 0 Å². The Morgan fingerprint density at radius 1 is 1.24 bits per heavy atom. The van der Waals surface area contributed by atoms with Crippen LogP contribution in [0.2, 0.25) is 0 Å². The highest BCUT2D eigenvalue weighted by Gasteiger charge is 2.39. The molecule has 0 bridgehead atoms. The Bertz CT molecular complexity index is 614. The first-order chi connectivity index (χ1) is 12.2. The maximum Gasteiger partial charge on any atom is 0.194 e. The van der Waals surface area contributed by atoms with Crippen molar-refractivity contribution >= 4 is 0 Å². The van der Waals surface area contributed by atoms with E-state index in [0.717, 1.165) is 37.5 Å². The van der Waals surface area contributed by atoms with Crippen LogP contribution in [0.5, 0.6) is 11.5 Å². The van der Waals surface area contributed by atoms with Gasteiger partial charge in [-0.25, -0.2) is 4.39 Å². The summed E-state index contributed by atoms with van der Waals surface area (Å²) in [6.45, 7) is 3.40. The van der Waals surface area contributed by atoms with Gasteiger partial charge in [0, 0.05) is 12.1 Å². The van der Waals surface area contributed by atoms with E-state index in [-0.39, 0.29) is 17.5 Å². The van der Waals surface area contributed by atoms with E-state index in [9.17, 15) is 9.50 Å². The Hall–Kier alpha value is -1.33. The van der Waals surface area contributed by atoms with Crippen LogP contribution in [0.15, 0.2) is 12.1 Å². The highest BCUT2D eigenvalue weighted by Crippen LogP contribution is 2.45. The molecule has 0 amide bonds. The minimum atomic E-state index is -0.577. The molecule has 2 saturated heterocycles. The number of nitrogens with one attached hydrogen (secondary N) is 1. The summed E-state index contributed by atoms with van der Waals surface area (Å²) in [5.74, 6) is 0.783. The monoisotopic (exact) mass is 348 g/mol. The van der Waals surface area contributed by atoms with Crippen LogP contribution >= 0.6 is 0 Å². The molecule has 138 valence electrons. The number of methoxy groups -OCH3 is 1. The van der Waals surface area contributed by atoms with E-state index in [2.05, 4.69) is 10.2 Å². The number of hydrogen-bond acceptors (Lipinski definition) is 4. The third-order valence-corrected chi connectivity index (χ3v) is 6.25. The lowest BCUT2D eigenvalue weighted by molar-refractivity contribution is 0.0936. The van der Waals surface area contributed by atoms with Gasteiger partial charge in [0.05, 0.1) is 7.11 Å². The zero-order valence-electron chi connectivity index (χ0n) is 15.0. The second kappa shape index (κ2) is 7.12. The number of phenolic OH excluding ortho intramolecular Hbond substituents is 1. The van der Waals surface area contributed by atoms with Gasteiger partial charge in [-0.05, 0) is 87.7 Å². The van der Waals surface area contributed by atoms with Gasteiger partial charge < -0.3 is 15.2 Å². The number of piperidine rings is 1. The summed E-state index contributed by atoms with van der Waals surface area (Å²) >= 11 is 0. The van der Waals surface area contributed by atoms with Crippen molar-refractivity contribution in [2.75, 3.05) is 26.7 Å². The van der Waals surface area contributed by atoms with E-state index >= 15 is 0 Å². The zero-order valence-corrected chi connectivity index (χ0v) is 15.0. The van der Waals surface area contributed by atoms with Crippen LogP contribution in [0.25, 0.3) is 0 Å². The molecular formula is C20H29FN2O2. The fourth-order valence-electron chi connectivity index (χ4n) is 4.77. The third-order valence-electron chi connectivity index (χ3n) is 6.25. The number of rotatable bonds is 5. The average Bonchev–Trinajstić information content (AvgIpc) is 3.34. The Kier molecular flexibility index (Phi) is 4.87. The van der Waals surface area contributed by atoms with Crippen LogP contribution < -0.4 is 10.1 Å². The second-order valence-electron chi connectivity index (χ2n) is 8.02.